The van der Waals surface area contributed by atoms with Crippen molar-refractivity contribution in [2.45, 2.75) is 39.5 Å². The van der Waals surface area contributed by atoms with Crippen LogP contribution in [0.1, 0.15) is 39.5 Å². The normalized spacial score (nSPS) is 11.9. The van der Waals surface area contributed by atoms with Crippen LogP contribution in [-0.4, -0.2) is 30.2 Å². The number of hydrogen-bond acceptors (Lipinski definition) is 2. The van der Waals surface area contributed by atoms with Gasteiger partial charge in [0.1, 0.15) is 0 Å². The summed E-state index contributed by atoms with van der Waals surface area (Å²) in [6.07, 6.45) is 3.35. The first-order valence-corrected chi connectivity index (χ1v) is 5.86. The molecule has 0 rings (SSSR count). The standard InChI is InChI=1S/C11H22N2O3/c1-3-5-7-12-11(16)13-8-9(6-4-2)10(14)15/h9H,3-8H2,1-2H3,(H,14,15)(H2,12,13,16). The molecule has 3 N–H and O–H groups in total. The lowest BCUT2D eigenvalue weighted by atomic mass is 10.0. The highest BCUT2D eigenvalue weighted by Crippen LogP contribution is 2.04. The molecule has 5 heteroatoms. The number of carboxylic acids is 1. The number of aliphatic carboxylic acids is 1. The smallest absolute Gasteiger partial charge is 0.314 e. The summed E-state index contributed by atoms with van der Waals surface area (Å²) in [5.41, 5.74) is 0. The van der Waals surface area contributed by atoms with Gasteiger partial charge in [-0.1, -0.05) is 26.7 Å². The third-order valence-corrected chi connectivity index (χ3v) is 2.31. The van der Waals surface area contributed by atoms with Gasteiger partial charge >= 0.3 is 12.0 Å². The van der Waals surface area contributed by atoms with Crippen molar-refractivity contribution in [1.29, 1.82) is 0 Å². The van der Waals surface area contributed by atoms with Crippen molar-refractivity contribution in [3.63, 3.8) is 0 Å². The number of amides is 2. The first-order chi connectivity index (χ1) is 7.61. The first-order valence-electron chi connectivity index (χ1n) is 5.86. The Kier molecular flexibility index (Phi) is 8.29. The first kappa shape index (κ1) is 14.7. The van der Waals surface area contributed by atoms with Crippen molar-refractivity contribution in [3.05, 3.63) is 0 Å². The monoisotopic (exact) mass is 230 g/mol. The second kappa shape index (κ2) is 9.00. The molecule has 2 amide bonds. The third kappa shape index (κ3) is 7.09. The molecule has 0 spiro atoms. The largest absolute Gasteiger partial charge is 0.481 e. The van der Waals surface area contributed by atoms with Crippen molar-refractivity contribution in [1.82, 2.24) is 10.6 Å². The van der Waals surface area contributed by atoms with Gasteiger partial charge in [0.25, 0.3) is 0 Å². The van der Waals surface area contributed by atoms with Crippen LogP contribution in [0.15, 0.2) is 0 Å². The summed E-state index contributed by atoms with van der Waals surface area (Å²) in [6.45, 7) is 4.80. The lowest BCUT2D eigenvalue weighted by Crippen LogP contribution is -2.40. The summed E-state index contributed by atoms with van der Waals surface area (Å²) < 4.78 is 0. The van der Waals surface area contributed by atoms with Crippen LogP contribution in [0.25, 0.3) is 0 Å². The zero-order valence-electron chi connectivity index (χ0n) is 10.1. The second-order valence-corrected chi connectivity index (χ2v) is 3.81. The minimum Gasteiger partial charge on any atom is -0.481 e. The minimum absolute atomic E-state index is 0.196. The minimum atomic E-state index is -0.851. The Morgan fingerprint density at radius 3 is 2.38 bits per heavy atom. The van der Waals surface area contributed by atoms with Gasteiger partial charge < -0.3 is 15.7 Å². The van der Waals surface area contributed by atoms with Gasteiger partial charge in [0.05, 0.1) is 5.92 Å². The van der Waals surface area contributed by atoms with E-state index >= 15 is 0 Å². The maximum atomic E-state index is 11.2. The zero-order valence-corrected chi connectivity index (χ0v) is 10.1. The Balaban J connectivity index is 3.74. The van der Waals surface area contributed by atoms with Crippen LogP contribution < -0.4 is 10.6 Å². The fraction of sp³-hybridized carbons (Fsp3) is 0.818. The van der Waals surface area contributed by atoms with E-state index in [2.05, 4.69) is 10.6 Å². The van der Waals surface area contributed by atoms with E-state index in [-0.39, 0.29) is 12.6 Å². The van der Waals surface area contributed by atoms with E-state index in [0.717, 1.165) is 19.3 Å². The van der Waals surface area contributed by atoms with Crippen LogP contribution in [0.5, 0.6) is 0 Å². The van der Waals surface area contributed by atoms with Crippen molar-refractivity contribution >= 4 is 12.0 Å². The van der Waals surface area contributed by atoms with Gasteiger partial charge in [0.15, 0.2) is 0 Å². The van der Waals surface area contributed by atoms with Gasteiger partial charge in [0.2, 0.25) is 0 Å². The molecule has 0 saturated heterocycles. The van der Waals surface area contributed by atoms with Gasteiger partial charge in [0, 0.05) is 13.1 Å². The molecule has 0 aliphatic rings. The average molecular weight is 230 g/mol. The Hall–Kier alpha value is -1.26. The summed E-state index contributed by atoms with van der Waals surface area (Å²) in [5.74, 6) is -1.34. The van der Waals surface area contributed by atoms with Crippen molar-refractivity contribution in [2.24, 2.45) is 5.92 Å². The molecule has 1 atom stereocenters. The summed E-state index contributed by atoms with van der Waals surface area (Å²) in [6, 6.07) is -0.282. The molecule has 94 valence electrons. The molecule has 16 heavy (non-hydrogen) atoms. The maximum Gasteiger partial charge on any atom is 0.314 e. The van der Waals surface area contributed by atoms with Gasteiger partial charge in [-0.15, -0.1) is 0 Å². The molecule has 0 aromatic rings. The average Bonchev–Trinajstić information content (AvgIpc) is 2.24. The number of rotatable bonds is 8. The highest BCUT2D eigenvalue weighted by atomic mass is 16.4. The quantitative estimate of drug-likeness (QED) is 0.554. The van der Waals surface area contributed by atoms with Crippen molar-refractivity contribution in [3.8, 4) is 0 Å². The molecule has 1 unspecified atom stereocenters. The summed E-state index contributed by atoms with van der Waals surface area (Å²) in [4.78, 5) is 22.0. The molecule has 0 radical (unpaired) electrons. The van der Waals surface area contributed by atoms with Gasteiger partial charge in [-0.05, 0) is 12.8 Å². The predicted octanol–water partition coefficient (Wildman–Crippen LogP) is 1.59. The van der Waals surface area contributed by atoms with E-state index in [9.17, 15) is 9.59 Å². The Morgan fingerprint density at radius 1 is 1.19 bits per heavy atom. The van der Waals surface area contributed by atoms with Gasteiger partial charge in [-0.3, -0.25) is 4.79 Å². The molecule has 0 bridgehead atoms. The third-order valence-electron chi connectivity index (χ3n) is 2.31. The van der Waals surface area contributed by atoms with Gasteiger partial charge in [-0.2, -0.15) is 0 Å². The molecular weight excluding hydrogens is 208 g/mol. The van der Waals surface area contributed by atoms with Gasteiger partial charge in [-0.25, -0.2) is 4.79 Å². The van der Waals surface area contributed by atoms with E-state index in [1.165, 1.54) is 0 Å². The van der Waals surface area contributed by atoms with Crippen LogP contribution in [0.4, 0.5) is 4.79 Å². The number of carbonyl (C=O) groups is 2. The van der Waals surface area contributed by atoms with Crippen LogP contribution in [0, 0.1) is 5.92 Å². The number of nitrogens with one attached hydrogen (secondary N) is 2. The van der Waals surface area contributed by atoms with Crippen molar-refractivity contribution < 1.29 is 14.7 Å². The molecule has 0 heterocycles. The van der Waals surface area contributed by atoms with E-state index in [0.29, 0.717) is 13.0 Å². The lowest BCUT2D eigenvalue weighted by Gasteiger charge is -2.12. The van der Waals surface area contributed by atoms with E-state index in [1.54, 1.807) is 0 Å². The zero-order chi connectivity index (χ0) is 12.4. The van der Waals surface area contributed by atoms with Crippen LogP contribution >= 0.6 is 0 Å². The fourth-order valence-corrected chi connectivity index (χ4v) is 1.32. The number of hydrogen-bond donors (Lipinski definition) is 3. The molecule has 0 aliphatic carbocycles. The highest BCUT2D eigenvalue weighted by molar-refractivity contribution is 5.75. The number of unbranched alkanes of at least 4 members (excludes halogenated alkanes) is 1. The number of carboxylic acid groups (broad SMARTS) is 1. The lowest BCUT2D eigenvalue weighted by molar-refractivity contribution is -0.141. The molecule has 0 aromatic carbocycles. The Morgan fingerprint density at radius 2 is 1.88 bits per heavy atom. The number of urea groups is 1. The van der Waals surface area contributed by atoms with E-state index < -0.39 is 11.9 Å². The van der Waals surface area contributed by atoms with Crippen molar-refractivity contribution in [2.75, 3.05) is 13.1 Å². The topological polar surface area (TPSA) is 78.4 Å². The molecule has 0 fully saturated rings. The Bertz CT molecular complexity index is 219. The predicted molar refractivity (Wildman–Crippen MR) is 62.3 cm³/mol. The highest BCUT2D eigenvalue weighted by Gasteiger charge is 2.16. The van der Waals surface area contributed by atoms with E-state index in [4.69, 9.17) is 5.11 Å². The molecule has 0 aromatic heterocycles. The number of carbonyl (C=O) groups excluding carboxylic acids is 1. The van der Waals surface area contributed by atoms with Crippen LogP contribution in [-0.2, 0) is 4.79 Å². The molecule has 5 nitrogen and oxygen atoms in total. The summed E-state index contributed by atoms with van der Waals surface area (Å²) in [5, 5.41) is 14.1. The maximum absolute atomic E-state index is 11.2. The van der Waals surface area contributed by atoms with E-state index in [1.807, 2.05) is 13.8 Å². The fourth-order valence-electron chi connectivity index (χ4n) is 1.32. The second-order valence-electron chi connectivity index (χ2n) is 3.81. The molecule has 0 saturated carbocycles. The summed E-state index contributed by atoms with van der Waals surface area (Å²) in [7, 11) is 0. The summed E-state index contributed by atoms with van der Waals surface area (Å²) >= 11 is 0. The Labute approximate surface area is 96.6 Å². The van der Waals surface area contributed by atoms with Crippen LogP contribution in [0.2, 0.25) is 0 Å². The molecular formula is C11H22N2O3. The molecule has 0 aliphatic heterocycles. The SMILES string of the molecule is CCCCNC(=O)NCC(CCC)C(=O)O. The van der Waals surface area contributed by atoms with Crippen LogP contribution in [0.3, 0.4) is 0 Å².